The zero-order valence-electron chi connectivity index (χ0n) is 10.6. The zero-order valence-corrected chi connectivity index (χ0v) is 11.4. The van der Waals surface area contributed by atoms with Gasteiger partial charge in [-0.3, -0.25) is 9.69 Å². The molecule has 1 atom stereocenters. The highest BCUT2D eigenvalue weighted by molar-refractivity contribution is 7.13. The third kappa shape index (κ3) is 2.52. The Morgan fingerprint density at radius 1 is 1.42 bits per heavy atom. The maximum atomic E-state index is 12.1. The number of nitrogens with zero attached hydrogens (tertiary/aromatic N) is 4. The van der Waals surface area contributed by atoms with Crippen LogP contribution in [0.4, 0.5) is 5.13 Å². The number of hydrogen-bond donors (Lipinski definition) is 1. The van der Waals surface area contributed by atoms with Crippen LogP contribution in [-0.4, -0.2) is 37.9 Å². The number of carbonyl (C=O) groups is 1. The van der Waals surface area contributed by atoms with Crippen molar-refractivity contribution in [3.8, 4) is 0 Å². The van der Waals surface area contributed by atoms with Crippen LogP contribution in [0.1, 0.15) is 12.7 Å². The van der Waals surface area contributed by atoms with Crippen molar-refractivity contribution in [2.75, 3.05) is 11.9 Å². The summed E-state index contributed by atoms with van der Waals surface area (Å²) in [6, 6.07) is -0.186. The SMILES string of the molecule is C[C@H](C(=O)Nc1nccs1)N1CCn2ccnc2C1. The number of rotatable bonds is 3. The molecule has 0 aliphatic carbocycles. The molecule has 1 aliphatic rings. The van der Waals surface area contributed by atoms with Gasteiger partial charge in [-0.05, 0) is 6.92 Å². The monoisotopic (exact) mass is 277 g/mol. The molecule has 7 heteroatoms. The highest BCUT2D eigenvalue weighted by Gasteiger charge is 2.26. The third-order valence-corrected chi connectivity index (χ3v) is 4.05. The lowest BCUT2D eigenvalue weighted by Crippen LogP contribution is -2.45. The Bertz CT molecular complexity index is 564. The molecule has 3 rings (SSSR count). The number of amides is 1. The minimum absolute atomic E-state index is 0.0186. The largest absolute Gasteiger partial charge is 0.333 e. The van der Waals surface area contributed by atoms with E-state index in [9.17, 15) is 4.79 Å². The van der Waals surface area contributed by atoms with Crippen LogP contribution in [0, 0.1) is 0 Å². The lowest BCUT2D eigenvalue weighted by atomic mass is 10.2. The summed E-state index contributed by atoms with van der Waals surface area (Å²) >= 11 is 1.43. The molecule has 0 bridgehead atoms. The number of hydrogen-bond acceptors (Lipinski definition) is 5. The molecule has 0 saturated heterocycles. The van der Waals surface area contributed by atoms with Crippen molar-refractivity contribution in [3.05, 3.63) is 29.8 Å². The van der Waals surface area contributed by atoms with E-state index >= 15 is 0 Å². The van der Waals surface area contributed by atoms with E-state index < -0.39 is 0 Å². The molecule has 0 fully saturated rings. The van der Waals surface area contributed by atoms with E-state index in [1.54, 1.807) is 12.4 Å². The molecular weight excluding hydrogens is 262 g/mol. The standard InChI is InChI=1S/C12H15N5OS/c1-9(11(18)15-12-14-3-7-19-12)17-6-5-16-4-2-13-10(16)8-17/h2-4,7,9H,5-6,8H2,1H3,(H,14,15,18)/t9-/m1/s1. The minimum Gasteiger partial charge on any atom is -0.333 e. The van der Waals surface area contributed by atoms with Gasteiger partial charge < -0.3 is 9.88 Å². The van der Waals surface area contributed by atoms with Crippen LogP contribution in [0.2, 0.25) is 0 Å². The molecule has 1 N–H and O–H groups in total. The Balaban J connectivity index is 1.64. The quantitative estimate of drug-likeness (QED) is 0.915. The predicted molar refractivity (Wildman–Crippen MR) is 72.8 cm³/mol. The number of aromatic nitrogens is 3. The van der Waals surface area contributed by atoms with Crippen molar-refractivity contribution in [1.82, 2.24) is 19.4 Å². The van der Waals surface area contributed by atoms with Gasteiger partial charge in [0.05, 0.1) is 12.6 Å². The van der Waals surface area contributed by atoms with Crippen molar-refractivity contribution in [3.63, 3.8) is 0 Å². The minimum atomic E-state index is -0.186. The molecule has 100 valence electrons. The van der Waals surface area contributed by atoms with Crippen LogP contribution in [0.15, 0.2) is 24.0 Å². The summed E-state index contributed by atoms with van der Waals surface area (Å²) in [4.78, 5) is 22.6. The summed E-state index contributed by atoms with van der Waals surface area (Å²) in [5.41, 5.74) is 0. The first-order valence-electron chi connectivity index (χ1n) is 6.18. The van der Waals surface area contributed by atoms with Gasteiger partial charge in [-0.2, -0.15) is 0 Å². The van der Waals surface area contributed by atoms with Crippen molar-refractivity contribution in [2.45, 2.75) is 26.1 Å². The van der Waals surface area contributed by atoms with Crippen molar-refractivity contribution in [2.24, 2.45) is 0 Å². The summed E-state index contributed by atoms with van der Waals surface area (Å²) in [7, 11) is 0. The van der Waals surface area contributed by atoms with Crippen molar-refractivity contribution < 1.29 is 4.79 Å². The van der Waals surface area contributed by atoms with E-state index in [-0.39, 0.29) is 11.9 Å². The molecule has 2 aromatic rings. The van der Waals surface area contributed by atoms with Crippen molar-refractivity contribution >= 4 is 22.4 Å². The summed E-state index contributed by atoms with van der Waals surface area (Å²) in [5, 5.41) is 5.33. The first-order valence-corrected chi connectivity index (χ1v) is 7.06. The van der Waals surface area contributed by atoms with Gasteiger partial charge in [0.2, 0.25) is 5.91 Å². The van der Waals surface area contributed by atoms with Crippen LogP contribution >= 0.6 is 11.3 Å². The molecule has 0 aromatic carbocycles. The molecule has 0 saturated carbocycles. The summed E-state index contributed by atoms with van der Waals surface area (Å²) in [5.74, 6) is 0.995. The average Bonchev–Trinajstić information content (AvgIpc) is 3.07. The maximum Gasteiger partial charge on any atom is 0.243 e. The van der Waals surface area contributed by atoms with Crippen LogP contribution in [0.25, 0.3) is 0 Å². The van der Waals surface area contributed by atoms with Gasteiger partial charge in [0.1, 0.15) is 5.82 Å². The summed E-state index contributed by atoms with van der Waals surface area (Å²) < 4.78 is 2.13. The summed E-state index contributed by atoms with van der Waals surface area (Å²) in [6.07, 6.45) is 5.47. The topological polar surface area (TPSA) is 63.1 Å². The molecule has 0 radical (unpaired) electrons. The smallest absolute Gasteiger partial charge is 0.243 e. The second-order valence-corrected chi connectivity index (χ2v) is 5.40. The number of anilines is 1. The Hall–Kier alpha value is -1.73. The number of imidazole rings is 1. The van der Waals surface area contributed by atoms with Crippen LogP contribution in [0.3, 0.4) is 0 Å². The van der Waals surface area contributed by atoms with E-state index in [1.165, 1.54) is 11.3 Å². The highest BCUT2D eigenvalue weighted by Crippen LogP contribution is 2.16. The van der Waals surface area contributed by atoms with E-state index in [1.807, 2.05) is 18.5 Å². The van der Waals surface area contributed by atoms with E-state index in [2.05, 4.69) is 24.8 Å². The molecule has 1 amide bonds. The van der Waals surface area contributed by atoms with Gasteiger partial charge in [0.15, 0.2) is 5.13 Å². The molecule has 0 spiro atoms. The van der Waals surface area contributed by atoms with Gasteiger partial charge in [-0.25, -0.2) is 9.97 Å². The van der Waals surface area contributed by atoms with Gasteiger partial charge in [-0.15, -0.1) is 11.3 Å². The van der Waals surface area contributed by atoms with Crippen molar-refractivity contribution in [1.29, 1.82) is 0 Å². The number of fused-ring (bicyclic) bond motifs is 1. The van der Waals surface area contributed by atoms with E-state index in [0.717, 1.165) is 18.9 Å². The molecule has 3 heterocycles. The lowest BCUT2D eigenvalue weighted by molar-refractivity contribution is -0.121. The molecule has 19 heavy (non-hydrogen) atoms. The molecule has 0 unspecified atom stereocenters. The lowest BCUT2D eigenvalue weighted by Gasteiger charge is -2.31. The molecule has 1 aliphatic heterocycles. The average molecular weight is 277 g/mol. The Morgan fingerprint density at radius 2 is 2.32 bits per heavy atom. The fourth-order valence-corrected chi connectivity index (χ4v) is 2.72. The van der Waals surface area contributed by atoms with Crippen LogP contribution < -0.4 is 5.32 Å². The Labute approximate surface area is 115 Å². The Kier molecular flexibility index (Phi) is 3.31. The second kappa shape index (κ2) is 5.10. The normalized spacial score (nSPS) is 16.9. The fourth-order valence-electron chi connectivity index (χ4n) is 2.18. The second-order valence-electron chi connectivity index (χ2n) is 4.51. The van der Waals surface area contributed by atoms with Gasteiger partial charge >= 0.3 is 0 Å². The number of thiazole rings is 1. The summed E-state index contributed by atoms with van der Waals surface area (Å²) in [6.45, 7) is 4.36. The van der Waals surface area contributed by atoms with Crippen LogP contribution in [0.5, 0.6) is 0 Å². The molecule has 2 aromatic heterocycles. The van der Waals surface area contributed by atoms with Gasteiger partial charge in [0.25, 0.3) is 0 Å². The van der Waals surface area contributed by atoms with Gasteiger partial charge in [-0.1, -0.05) is 0 Å². The van der Waals surface area contributed by atoms with E-state index in [0.29, 0.717) is 11.7 Å². The number of nitrogens with one attached hydrogen (secondary N) is 1. The molecule has 6 nitrogen and oxygen atoms in total. The highest BCUT2D eigenvalue weighted by atomic mass is 32.1. The van der Waals surface area contributed by atoms with Gasteiger partial charge in [0, 0.05) is 37.1 Å². The van der Waals surface area contributed by atoms with E-state index in [4.69, 9.17) is 0 Å². The fraction of sp³-hybridized carbons (Fsp3) is 0.417. The first kappa shape index (κ1) is 12.3. The Morgan fingerprint density at radius 3 is 3.11 bits per heavy atom. The third-order valence-electron chi connectivity index (χ3n) is 3.36. The predicted octanol–water partition coefficient (Wildman–Crippen LogP) is 1.18. The van der Waals surface area contributed by atoms with Crippen LogP contribution in [-0.2, 0) is 17.9 Å². The molecular formula is C12H15N5OS. The zero-order chi connectivity index (χ0) is 13.2. The first-order chi connectivity index (χ1) is 9.24. The maximum absolute atomic E-state index is 12.1. The number of carbonyl (C=O) groups excluding carboxylic acids is 1.